The van der Waals surface area contributed by atoms with Crippen LogP contribution in [-0.4, -0.2) is 7.11 Å². The van der Waals surface area contributed by atoms with E-state index < -0.39 is 17.7 Å². The maximum Gasteiger partial charge on any atom is 0.164 e. The van der Waals surface area contributed by atoms with E-state index in [2.05, 4.69) is 21.2 Å². The van der Waals surface area contributed by atoms with Crippen molar-refractivity contribution in [1.82, 2.24) is 0 Å². The van der Waals surface area contributed by atoms with Crippen LogP contribution in [-0.2, 0) is 0 Å². The van der Waals surface area contributed by atoms with E-state index in [9.17, 15) is 8.78 Å². The first kappa shape index (κ1) is 15.8. The molecule has 2 rings (SSSR count). The lowest BCUT2D eigenvalue weighted by molar-refractivity contribution is 0.415. The van der Waals surface area contributed by atoms with Gasteiger partial charge in [-0.25, -0.2) is 8.78 Å². The van der Waals surface area contributed by atoms with Gasteiger partial charge >= 0.3 is 0 Å². The van der Waals surface area contributed by atoms with E-state index in [1.165, 1.54) is 6.07 Å². The lowest BCUT2D eigenvalue weighted by Crippen LogP contribution is -2.11. The summed E-state index contributed by atoms with van der Waals surface area (Å²) in [5, 5.41) is 3.19. The van der Waals surface area contributed by atoms with E-state index in [-0.39, 0.29) is 5.56 Å². The Kier molecular flexibility index (Phi) is 4.83. The standard InChI is InChI=1S/C16H16BrF2NO/c1-9-7-11(17)8-14(21-3)16(9)20-10(2)12-5-4-6-13(18)15(12)19/h4-8,10,20H,1-3H3. The second kappa shape index (κ2) is 6.43. The monoisotopic (exact) mass is 355 g/mol. The fourth-order valence-corrected chi connectivity index (χ4v) is 2.76. The van der Waals surface area contributed by atoms with Gasteiger partial charge in [0, 0.05) is 10.0 Å². The van der Waals surface area contributed by atoms with Gasteiger partial charge in [0.2, 0.25) is 0 Å². The smallest absolute Gasteiger partial charge is 0.164 e. The molecule has 0 saturated carbocycles. The van der Waals surface area contributed by atoms with Gasteiger partial charge in [0.05, 0.1) is 18.8 Å². The highest BCUT2D eigenvalue weighted by Gasteiger charge is 2.17. The zero-order chi connectivity index (χ0) is 15.6. The quantitative estimate of drug-likeness (QED) is 0.811. The molecule has 0 aliphatic carbocycles. The predicted octanol–water partition coefficient (Wildman–Crippen LogP) is 5.22. The van der Waals surface area contributed by atoms with Crippen LogP contribution >= 0.6 is 15.9 Å². The minimum atomic E-state index is -0.847. The van der Waals surface area contributed by atoms with Crippen molar-refractivity contribution in [2.45, 2.75) is 19.9 Å². The molecular formula is C16H16BrF2NO. The van der Waals surface area contributed by atoms with E-state index in [1.54, 1.807) is 20.1 Å². The summed E-state index contributed by atoms with van der Waals surface area (Å²) in [4.78, 5) is 0. The Morgan fingerprint density at radius 1 is 1.24 bits per heavy atom. The number of methoxy groups -OCH3 is 1. The van der Waals surface area contributed by atoms with Crippen LogP contribution in [0.2, 0.25) is 0 Å². The zero-order valence-corrected chi connectivity index (χ0v) is 13.6. The topological polar surface area (TPSA) is 21.3 Å². The molecule has 2 aromatic rings. The first-order chi connectivity index (χ1) is 9.93. The Bertz CT molecular complexity index is 661. The molecule has 21 heavy (non-hydrogen) atoms. The summed E-state index contributed by atoms with van der Waals surface area (Å²) in [7, 11) is 1.57. The average Bonchev–Trinajstić information content (AvgIpc) is 2.44. The van der Waals surface area contributed by atoms with Crippen LogP contribution in [0, 0.1) is 18.6 Å². The molecule has 5 heteroatoms. The van der Waals surface area contributed by atoms with E-state index in [0.29, 0.717) is 5.75 Å². The Balaban J connectivity index is 2.36. The minimum absolute atomic E-state index is 0.277. The summed E-state index contributed by atoms with van der Waals surface area (Å²) < 4.78 is 33.4. The minimum Gasteiger partial charge on any atom is -0.495 e. The van der Waals surface area contributed by atoms with Gasteiger partial charge in [-0.2, -0.15) is 0 Å². The molecule has 0 saturated heterocycles. The Morgan fingerprint density at radius 2 is 1.95 bits per heavy atom. The lowest BCUT2D eigenvalue weighted by Gasteiger charge is -2.20. The largest absolute Gasteiger partial charge is 0.495 e. The molecule has 1 unspecified atom stereocenters. The van der Waals surface area contributed by atoms with Crippen LogP contribution in [0.3, 0.4) is 0 Å². The normalized spacial score (nSPS) is 12.1. The number of hydrogen-bond acceptors (Lipinski definition) is 2. The molecule has 0 aromatic heterocycles. The van der Waals surface area contributed by atoms with Crippen LogP contribution in [0.25, 0.3) is 0 Å². The van der Waals surface area contributed by atoms with Crippen molar-refractivity contribution in [3.05, 3.63) is 57.6 Å². The van der Waals surface area contributed by atoms with Gasteiger partial charge in [-0.05, 0) is 37.6 Å². The van der Waals surface area contributed by atoms with E-state index in [1.807, 2.05) is 19.1 Å². The summed E-state index contributed by atoms with van der Waals surface area (Å²) >= 11 is 3.40. The van der Waals surface area contributed by atoms with Crippen molar-refractivity contribution >= 4 is 21.6 Å². The molecule has 0 radical (unpaired) electrons. The van der Waals surface area contributed by atoms with Gasteiger partial charge in [0.1, 0.15) is 5.75 Å². The number of ether oxygens (including phenoxy) is 1. The molecule has 1 atom stereocenters. The molecule has 1 N–H and O–H groups in total. The van der Waals surface area contributed by atoms with Crippen LogP contribution < -0.4 is 10.1 Å². The number of rotatable bonds is 4. The maximum atomic E-state index is 13.8. The number of benzene rings is 2. The highest BCUT2D eigenvalue weighted by molar-refractivity contribution is 9.10. The second-order valence-corrected chi connectivity index (χ2v) is 5.72. The van der Waals surface area contributed by atoms with Crippen LogP contribution in [0.5, 0.6) is 5.75 Å². The Morgan fingerprint density at radius 3 is 2.62 bits per heavy atom. The molecule has 0 bridgehead atoms. The average molecular weight is 356 g/mol. The Labute approximate surface area is 131 Å². The van der Waals surface area contributed by atoms with Gasteiger partial charge in [0.25, 0.3) is 0 Å². The molecule has 0 spiro atoms. The Hall–Kier alpha value is -1.62. The highest BCUT2D eigenvalue weighted by atomic mass is 79.9. The highest BCUT2D eigenvalue weighted by Crippen LogP contribution is 2.35. The number of halogens is 3. The molecule has 2 aromatic carbocycles. The lowest BCUT2D eigenvalue weighted by atomic mass is 10.1. The van der Waals surface area contributed by atoms with Crippen molar-refractivity contribution in [1.29, 1.82) is 0 Å². The van der Waals surface area contributed by atoms with Gasteiger partial charge in [-0.15, -0.1) is 0 Å². The third-order valence-corrected chi connectivity index (χ3v) is 3.75. The number of hydrogen-bond donors (Lipinski definition) is 1. The fourth-order valence-electron chi connectivity index (χ4n) is 2.21. The van der Waals surface area contributed by atoms with E-state index in [0.717, 1.165) is 21.8 Å². The van der Waals surface area contributed by atoms with Crippen LogP contribution in [0.1, 0.15) is 24.1 Å². The molecule has 2 nitrogen and oxygen atoms in total. The molecule has 0 aliphatic rings. The molecule has 0 heterocycles. The third-order valence-electron chi connectivity index (χ3n) is 3.29. The van der Waals surface area contributed by atoms with Crippen molar-refractivity contribution in [3.63, 3.8) is 0 Å². The zero-order valence-electron chi connectivity index (χ0n) is 12.0. The summed E-state index contributed by atoms with van der Waals surface area (Å²) in [5.41, 5.74) is 1.99. The maximum absolute atomic E-state index is 13.8. The summed E-state index contributed by atoms with van der Waals surface area (Å²) in [5.74, 6) is -1.03. The molecular weight excluding hydrogens is 340 g/mol. The summed E-state index contributed by atoms with van der Waals surface area (Å²) in [6.07, 6.45) is 0. The fraction of sp³-hybridized carbons (Fsp3) is 0.250. The third kappa shape index (κ3) is 3.35. The van der Waals surface area contributed by atoms with Crippen LogP contribution in [0.4, 0.5) is 14.5 Å². The van der Waals surface area contributed by atoms with Crippen molar-refractivity contribution in [2.75, 3.05) is 12.4 Å². The number of nitrogens with one attached hydrogen (secondary N) is 1. The SMILES string of the molecule is COc1cc(Br)cc(C)c1NC(C)c1cccc(F)c1F. The molecule has 0 amide bonds. The van der Waals surface area contributed by atoms with E-state index >= 15 is 0 Å². The first-order valence-electron chi connectivity index (χ1n) is 6.48. The van der Waals surface area contributed by atoms with Crippen molar-refractivity contribution < 1.29 is 13.5 Å². The summed E-state index contributed by atoms with van der Waals surface area (Å²) in [6, 6.07) is 7.53. The van der Waals surface area contributed by atoms with Gasteiger partial charge in [-0.3, -0.25) is 0 Å². The van der Waals surface area contributed by atoms with Crippen molar-refractivity contribution in [3.8, 4) is 5.75 Å². The summed E-state index contributed by atoms with van der Waals surface area (Å²) in [6.45, 7) is 3.70. The van der Waals surface area contributed by atoms with Crippen LogP contribution in [0.15, 0.2) is 34.8 Å². The number of aryl methyl sites for hydroxylation is 1. The molecule has 0 aliphatic heterocycles. The van der Waals surface area contributed by atoms with Crippen molar-refractivity contribution in [2.24, 2.45) is 0 Å². The first-order valence-corrected chi connectivity index (χ1v) is 7.28. The van der Waals surface area contributed by atoms with Gasteiger partial charge in [0.15, 0.2) is 11.6 Å². The second-order valence-electron chi connectivity index (χ2n) is 4.81. The number of anilines is 1. The van der Waals surface area contributed by atoms with Gasteiger partial charge in [-0.1, -0.05) is 28.1 Å². The van der Waals surface area contributed by atoms with E-state index in [4.69, 9.17) is 4.74 Å². The molecule has 0 fully saturated rings. The van der Waals surface area contributed by atoms with Gasteiger partial charge < -0.3 is 10.1 Å². The molecule has 112 valence electrons. The predicted molar refractivity (Wildman–Crippen MR) is 83.8 cm³/mol.